The number of rotatable bonds is 6. The lowest BCUT2D eigenvalue weighted by atomic mass is 10.3. The number of thiazole rings is 1. The van der Waals surface area contributed by atoms with E-state index in [0.29, 0.717) is 12.2 Å². The van der Waals surface area contributed by atoms with Crippen LogP contribution in [0.5, 0.6) is 0 Å². The summed E-state index contributed by atoms with van der Waals surface area (Å²) in [6.45, 7) is 8.04. The van der Waals surface area contributed by atoms with Crippen LogP contribution in [-0.4, -0.2) is 61.1 Å². The van der Waals surface area contributed by atoms with Crippen molar-refractivity contribution in [3.05, 3.63) is 16.1 Å². The molecule has 1 saturated heterocycles. The summed E-state index contributed by atoms with van der Waals surface area (Å²) in [5.41, 5.74) is 0.402. The fourth-order valence-corrected chi connectivity index (χ4v) is 3.01. The Labute approximate surface area is 134 Å². The van der Waals surface area contributed by atoms with Crippen molar-refractivity contribution >= 4 is 23.2 Å². The molecule has 2 amide bonds. The molecule has 7 nitrogen and oxygen atoms in total. The number of carbonyl (C=O) groups excluding carboxylic acids is 2. The summed E-state index contributed by atoms with van der Waals surface area (Å²) < 4.78 is 5.28. The fourth-order valence-electron chi connectivity index (χ4n) is 2.20. The quantitative estimate of drug-likeness (QED) is 0.791. The van der Waals surface area contributed by atoms with Crippen molar-refractivity contribution in [1.82, 2.24) is 20.5 Å². The first-order chi connectivity index (χ1) is 10.6. The third-order valence-corrected chi connectivity index (χ3v) is 4.39. The summed E-state index contributed by atoms with van der Waals surface area (Å²) in [5.74, 6) is -0.287. The van der Waals surface area contributed by atoms with Crippen LogP contribution in [-0.2, 0) is 9.53 Å². The molecule has 0 saturated carbocycles. The van der Waals surface area contributed by atoms with Crippen LogP contribution in [0.4, 0.5) is 0 Å². The summed E-state index contributed by atoms with van der Waals surface area (Å²) in [4.78, 5) is 29.6. The number of ether oxygens (including phenoxy) is 1. The lowest BCUT2D eigenvalue weighted by molar-refractivity contribution is -0.119. The average molecular weight is 326 g/mol. The van der Waals surface area contributed by atoms with Gasteiger partial charge in [0.2, 0.25) is 5.91 Å². The third-order valence-electron chi connectivity index (χ3n) is 3.36. The first kappa shape index (κ1) is 16.9. The van der Waals surface area contributed by atoms with Crippen molar-refractivity contribution in [3.63, 3.8) is 0 Å². The molecule has 1 atom stereocenters. The van der Waals surface area contributed by atoms with Crippen molar-refractivity contribution in [2.45, 2.75) is 19.9 Å². The van der Waals surface area contributed by atoms with Crippen LogP contribution in [0.2, 0.25) is 0 Å². The standard InChI is InChI=1S/C14H22N4O3S/c1-10(16-11(2)19)14-17-12(9-22-14)13(20)15-3-4-18-5-7-21-8-6-18/h9-10H,3-8H2,1-2H3,(H,15,20)(H,16,19). The van der Waals surface area contributed by atoms with Gasteiger partial charge in [-0.05, 0) is 6.92 Å². The lowest BCUT2D eigenvalue weighted by Crippen LogP contribution is -2.41. The summed E-state index contributed by atoms with van der Waals surface area (Å²) in [6, 6.07) is -0.183. The number of aromatic nitrogens is 1. The van der Waals surface area contributed by atoms with Crippen LogP contribution in [0.15, 0.2) is 5.38 Å². The van der Waals surface area contributed by atoms with Crippen LogP contribution in [0.1, 0.15) is 35.4 Å². The lowest BCUT2D eigenvalue weighted by Gasteiger charge is -2.26. The zero-order valence-electron chi connectivity index (χ0n) is 12.9. The van der Waals surface area contributed by atoms with E-state index in [1.54, 1.807) is 5.38 Å². The van der Waals surface area contributed by atoms with Crippen molar-refractivity contribution in [2.24, 2.45) is 0 Å². The Kier molecular flexibility index (Phi) is 6.29. The van der Waals surface area contributed by atoms with Gasteiger partial charge in [-0.15, -0.1) is 11.3 Å². The summed E-state index contributed by atoms with van der Waals surface area (Å²) in [7, 11) is 0. The predicted octanol–water partition coefficient (Wildman–Crippen LogP) is 0.402. The highest BCUT2D eigenvalue weighted by atomic mass is 32.1. The van der Waals surface area contributed by atoms with E-state index < -0.39 is 0 Å². The predicted molar refractivity (Wildman–Crippen MR) is 83.9 cm³/mol. The zero-order valence-corrected chi connectivity index (χ0v) is 13.7. The summed E-state index contributed by atoms with van der Waals surface area (Å²) in [6.07, 6.45) is 0. The average Bonchev–Trinajstić information content (AvgIpc) is 2.97. The number of carbonyl (C=O) groups is 2. The number of hydrogen-bond acceptors (Lipinski definition) is 6. The minimum atomic E-state index is -0.183. The third kappa shape index (κ3) is 5.04. The Hall–Kier alpha value is -1.51. The highest BCUT2D eigenvalue weighted by molar-refractivity contribution is 7.09. The molecule has 8 heteroatoms. The number of nitrogens with one attached hydrogen (secondary N) is 2. The molecular weight excluding hydrogens is 304 g/mol. The van der Waals surface area contributed by atoms with Crippen LogP contribution < -0.4 is 10.6 Å². The molecule has 1 unspecified atom stereocenters. The molecule has 122 valence electrons. The topological polar surface area (TPSA) is 83.6 Å². The monoisotopic (exact) mass is 326 g/mol. The molecule has 1 fully saturated rings. The number of amides is 2. The van der Waals surface area contributed by atoms with Gasteiger partial charge in [-0.25, -0.2) is 4.98 Å². The van der Waals surface area contributed by atoms with Crippen molar-refractivity contribution < 1.29 is 14.3 Å². The van der Waals surface area contributed by atoms with E-state index in [4.69, 9.17) is 4.74 Å². The molecule has 0 spiro atoms. The molecular formula is C14H22N4O3S. The van der Waals surface area contributed by atoms with Gasteiger partial charge in [0.15, 0.2) is 0 Å². The van der Waals surface area contributed by atoms with Crippen LogP contribution in [0, 0.1) is 0 Å². The second kappa shape index (κ2) is 8.21. The molecule has 1 aromatic rings. The second-order valence-corrected chi connectivity index (χ2v) is 6.09. The van der Waals surface area contributed by atoms with Crippen LogP contribution >= 0.6 is 11.3 Å². The molecule has 1 aliphatic rings. The molecule has 2 rings (SSSR count). The zero-order chi connectivity index (χ0) is 15.9. The van der Waals surface area contributed by atoms with E-state index in [9.17, 15) is 9.59 Å². The van der Waals surface area contributed by atoms with Gasteiger partial charge in [0, 0.05) is 38.5 Å². The Bertz CT molecular complexity index is 514. The van der Waals surface area contributed by atoms with Crippen molar-refractivity contribution in [2.75, 3.05) is 39.4 Å². The smallest absolute Gasteiger partial charge is 0.270 e. The molecule has 0 aliphatic carbocycles. The Morgan fingerprint density at radius 1 is 1.45 bits per heavy atom. The highest BCUT2D eigenvalue weighted by Gasteiger charge is 2.16. The number of morpholine rings is 1. The van der Waals surface area contributed by atoms with Gasteiger partial charge < -0.3 is 15.4 Å². The molecule has 2 N–H and O–H groups in total. The van der Waals surface area contributed by atoms with Gasteiger partial charge in [0.1, 0.15) is 10.7 Å². The van der Waals surface area contributed by atoms with E-state index in [0.717, 1.165) is 37.9 Å². The number of hydrogen-bond donors (Lipinski definition) is 2. The summed E-state index contributed by atoms with van der Waals surface area (Å²) in [5, 5.41) is 8.08. The van der Waals surface area contributed by atoms with E-state index in [-0.39, 0.29) is 17.9 Å². The van der Waals surface area contributed by atoms with E-state index in [1.165, 1.54) is 18.3 Å². The molecule has 0 bridgehead atoms. The summed E-state index contributed by atoms with van der Waals surface area (Å²) >= 11 is 1.38. The Balaban J connectivity index is 1.77. The van der Waals surface area contributed by atoms with Crippen LogP contribution in [0.3, 0.4) is 0 Å². The normalized spacial score (nSPS) is 17.0. The van der Waals surface area contributed by atoms with Gasteiger partial charge in [-0.3, -0.25) is 14.5 Å². The molecule has 1 aromatic heterocycles. The molecule has 0 radical (unpaired) electrons. The largest absolute Gasteiger partial charge is 0.379 e. The van der Waals surface area contributed by atoms with Crippen LogP contribution in [0.25, 0.3) is 0 Å². The van der Waals surface area contributed by atoms with Gasteiger partial charge >= 0.3 is 0 Å². The Morgan fingerprint density at radius 3 is 2.86 bits per heavy atom. The molecule has 0 aromatic carbocycles. The van der Waals surface area contributed by atoms with Gasteiger partial charge in [0.25, 0.3) is 5.91 Å². The first-order valence-corrected chi connectivity index (χ1v) is 8.25. The SMILES string of the molecule is CC(=O)NC(C)c1nc(C(=O)NCCN2CCOCC2)cs1. The van der Waals surface area contributed by atoms with Gasteiger partial charge in [0.05, 0.1) is 19.3 Å². The van der Waals surface area contributed by atoms with E-state index >= 15 is 0 Å². The molecule has 1 aliphatic heterocycles. The van der Waals surface area contributed by atoms with E-state index in [2.05, 4.69) is 20.5 Å². The van der Waals surface area contributed by atoms with Crippen molar-refractivity contribution in [1.29, 1.82) is 0 Å². The highest BCUT2D eigenvalue weighted by Crippen LogP contribution is 2.17. The molecule has 22 heavy (non-hydrogen) atoms. The Morgan fingerprint density at radius 2 is 2.18 bits per heavy atom. The maximum atomic E-state index is 12.0. The fraction of sp³-hybridized carbons (Fsp3) is 0.643. The maximum absolute atomic E-state index is 12.0. The maximum Gasteiger partial charge on any atom is 0.270 e. The minimum Gasteiger partial charge on any atom is -0.379 e. The second-order valence-electron chi connectivity index (χ2n) is 5.20. The van der Waals surface area contributed by atoms with Crippen molar-refractivity contribution in [3.8, 4) is 0 Å². The minimum absolute atomic E-state index is 0.112. The van der Waals surface area contributed by atoms with Gasteiger partial charge in [-0.1, -0.05) is 0 Å². The van der Waals surface area contributed by atoms with Gasteiger partial charge in [-0.2, -0.15) is 0 Å². The van der Waals surface area contributed by atoms with E-state index in [1.807, 2.05) is 6.92 Å². The molecule has 2 heterocycles. The number of nitrogens with zero attached hydrogens (tertiary/aromatic N) is 2. The first-order valence-electron chi connectivity index (χ1n) is 7.37.